The van der Waals surface area contributed by atoms with Crippen molar-refractivity contribution < 1.29 is 18.7 Å². The maximum atomic E-state index is 14.2. The number of aliphatic imine (C=N–C) groups is 1. The first-order chi connectivity index (χ1) is 17.4. The molecule has 0 N–H and O–H groups in total. The van der Waals surface area contributed by atoms with Gasteiger partial charge in [-0.2, -0.15) is 5.26 Å². The second kappa shape index (κ2) is 10.5. The summed E-state index contributed by atoms with van der Waals surface area (Å²) in [4.78, 5) is 31.4. The minimum Gasteiger partial charge on any atom is -0.493 e. The van der Waals surface area contributed by atoms with Crippen molar-refractivity contribution in [1.29, 1.82) is 5.26 Å². The van der Waals surface area contributed by atoms with Gasteiger partial charge in [-0.25, -0.2) is 4.39 Å². The molecule has 0 atom stereocenters. The number of fused-ring (bicyclic) bond motifs is 1. The van der Waals surface area contributed by atoms with Gasteiger partial charge in [0.2, 0.25) is 0 Å². The smallest absolute Gasteiger partial charge is 0.254 e. The SMILES string of the molecule is CCOc1cc(C(=O)N(C)Cc2ccc(C#N)c3c2CN=C3)ccc1-c1ccc(F)c(C(=O)CC)c1. The van der Waals surface area contributed by atoms with E-state index in [1.807, 2.05) is 13.0 Å². The molecule has 0 radical (unpaired) electrons. The van der Waals surface area contributed by atoms with Crippen LogP contribution in [0.5, 0.6) is 5.75 Å². The van der Waals surface area contributed by atoms with Crippen LogP contribution in [0.3, 0.4) is 0 Å². The zero-order valence-electron chi connectivity index (χ0n) is 20.5. The van der Waals surface area contributed by atoms with Crippen LogP contribution in [0, 0.1) is 17.1 Å². The fraction of sp³-hybridized carbons (Fsp3) is 0.241. The van der Waals surface area contributed by atoms with E-state index in [9.17, 15) is 19.2 Å². The maximum absolute atomic E-state index is 14.2. The van der Waals surface area contributed by atoms with Gasteiger partial charge in [0.15, 0.2) is 5.78 Å². The van der Waals surface area contributed by atoms with Crippen molar-refractivity contribution in [3.63, 3.8) is 0 Å². The molecule has 0 saturated heterocycles. The van der Waals surface area contributed by atoms with Crippen LogP contribution in [0.4, 0.5) is 4.39 Å². The van der Waals surface area contributed by atoms with E-state index in [-0.39, 0.29) is 23.7 Å². The second-order valence-electron chi connectivity index (χ2n) is 8.52. The monoisotopic (exact) mass is 483 g/mol. The van der Waals surface area contributed by atoms with Gasteiger partial charge in [0.1, 0.15) is 11.6 Å². The highest BCUT2D eigenvalue weighted by molar-refractivity contribution is 5.98. The van der Waals surface area contributed by atoms with E-state index in [1.165, 1.54) is 12.1 Å². The third-order valence-electron chi connectivity index (χ3n) is 6.23. The lowest BCUT2D eigenvalue weighted by Gasteiger charge is -2.20. The molecular weight excluding hydrogens is 457 g/mol. The molecule has 0 aliphatic carbocycles. The van der Waals surface area contributed by atoms with Gasteiger partial charge in [-0.15, -0.1) is 0 Å². The van der Waals surface area contributed by atoms with Crippen LogP contribution in [0.25, 0.3) is 11.1 Å². The maximum Gasteiger partial charge on any atom is 0.254 e. The van der Waals surface area contributed by atoms with Gasteiger partial charge in [0.25, 0.3) is 5.91 Å². The quantitative estimate of drug-likeness (QED) is 0.393. The lowest BCUT2D eigenvalue weighted by atomic mass is 9.97. The Morgan fingerprint density at radius 1 is 1.14 bits per heavy atom. The van der Waals surface area contributed by atoms with E-state index in [0.29, 0.717) is 47.7 Å². The normalized spacial score (nSPS) is 11.6. The molecule has 7 heteroatoms. The minimum atomic E-state index is -0.559. The molecule has 36 heavy (non-hydrogen) atoms. The molecule has 0 bridgehead atoms. The van der Waals surface area contributed by atoms with Crippen LogP contribution in [0.1, 0.15) is 63.2 Å². The molecule has 0 fully saturated rings. The molecule has 4 rings (SSSR count). The van der Waals surface area contributed by atoms with Gasteiger partial charge in [0.05, 0.1) is 30.3 Å². The number of benzene rings is 3. The van der Waals surface area contributed by atoms with E-state index >= 15 is 0 Å². The Bertz CT molecular complexity index is 1420. The zero-order chi connectivity index (χ0) is 25.8. The first-order valence-corrected chi connectivity index (χ1v) is 11.8. The van der Waals surface area contributed by atoms with E-state index < -0.39 is 5.82 Å². The van der Waals surface area contributed by atoms with E-state index in [4.69, 9.17) is 4.74 Å². The molecule has 0 unspecified atom stereocenters. The van der Waals surface area contributed by atoms with Gasteiger partial charge in [0, 0.05) is 42.9 Å². The Hall–Kier alpha value is -4.31. The van der Waals surface area contributed by atoms with Gasteiger partial charge in [-0.05, 0) is 60.0 Å². The van der Waals surface area contributed by atoms with Crippen molar-refractivity contribution >= 4 is 17.9 Å². The molecule has 6 nitrogen and oxygen atoms in total. The van der Waals surface area contributed by atoms with Gasteiger partial charge >= 0.3 is 0 Å². The van der Waals surface area contributed by atoms with E-state index in [1.54, 1.807) is 55.4 Å². The van der Waals surface area contributed by atoms with Gasteiger partial charge in [-0.3, -0.25) is 14.6 Å². The number of nitriles is 1. The number of Topliss-reactive ketones (excluding diaryl/α,β-unsaturated/α-hetero) is 1. The Morgan fingerprint density at radius 2 is 1.94 bits per heavy atom. The molecule has 1 heterocycles. The first kappa shape index (κ1) is 24.8. The number of halogens is 1. The van der Waals surface area contributed by atoms with Crippen LogP contribution < -0.4 is 4.74 Å². The molecule has 3 aromatic carbocycles. The third-order valence-corrected chi connectivity index (χ3v) is 6.23. The van der Waals surface area contributed by atoms with Crippen LogP contribution in [-0.2, 0) is 13.1 Å². The number of ketones is 1. The highest BCUT2D eigenvalue weighted by Gasteiger charge is 2.21. The Balaban J connectivity index is 1.62. The summed E-state index contributed by atoms with van der Waals surface area (Å²) in [6.45, 7) is 4.76. The molecule has 0 saturated carbocycles. The lowest BCUT2D eigenvalue weighted by molar-refractivity contribution is 0.0784. The number of carbonyl (C=O) groups is 2. The van der Waals surface area contributed by atoms with Crippen molar-refractivity contribution in [2.75, 3.05) is 13.7 Å². The topological polar surface area (TPSA) is 82.8 Å². The lowest BCUT2D eigenvalue weighted by Crippen LogP contribution is -2.27. The average Bonchev–Trinajstić information content (AvgIpc) is 3.39. The van der Waals surface area contributed by atoms with Crippen molar-refractivity contribution in [3.8, 4) is 22.9 Å². The predicted octanol–water partition coefficient (Wildman–Crippen LogP) is 5.56. The summed E-state index contributed by atoms with van der Waals surface area (Å²) in [5, 5.41) is 9.33. The number of hydrogen-bond acceptors (Lipinski definition) is 5. The number of nitrogens with zero attached hydrogens (tertiary/aromatic N) is 3. The number of carbonyl (C=O) groups excluding carboxylic acids is 2. The third kappa shape index (κ3) is 4.76. The number of ether oxygens (including phenoxy) is 1. The van der Waals surface area contributed by atoms with E-state index in [2.05, 4.69) is 11.1 Å². The van der Waals surface area contributed by atoms with Crippen molar-refractivity contribution in [1.82, 2.24) is 4.90 Å². The summed E-state index contributed by atoms with van der Waals surface area (Å²) in [5.74, 6) is -0.552. The molecule has 0 spiro atoms. The van der Waals surface area contributed by atoms with Crippen LogP contribution >= 0.6 is 0 Å². The summed E-state index contributed by atoms with van der Waals surface area (Å²) in [6.07, 6.45) is 1.91. The van der Waals surface area contributed by atoms with Crippen molar-refractivity contribution in [2.45, 2.75) is 33.4 Å². The van der Waals surface area contributed by atoms with E-state index in [0.717, 1.165) is 16.7 Å². The zero-order valence-corrected chi connectivity index (χ0v) is 20.5. The summed E-state index contributed by atoms with van der Waals surface area (Å²) >= 11 is 0. The van der Waals surface area contributed by atoms with Crippen molar-refractivity contribution in [3.05, 3.63) is 87.7 Å². The molecular formula is C29H26FN3O3. The first-order valence-electron chi connectivity index (χ1n) is 11.8. The predicted molar refractivity (Wildman–Crippen MR) is 136 cm³/mol. The Morgan fingerprint density at radius 3 is 2.67 bits per heavy atom. The summed E-state index contributed by atoms with van der Waals surface area (Å²) in [7, 11) is 1.72. The number of amides is 1. The van der Waals surface area contributed by atoms with Gasteiger partial charge in [-0.1, -0.05) is 19.1 Å². The summed E-state index contributed by atoms with van der Waals surface area (Å²) < 4.78 is 20.0. The van der Waals surface area contributed by atoms with Gasteiger partial charge < -0.3 is 9.64 Å². The minimum absolute atomic E-state index is 0.0382. The molecule has 182 valence electrons. The molecule has 1 amide bonds. The largest absolute Gasteiger partial charge is 0.493 e. The number of hydrogen-bond donors (Lipinski definition) is 0. The molecule has 0 aromatic heterocycles. The standard InChI is InChI=1S/C29H26FN3O3/c1-4-27(34)23-12-18(9-11-26(23)30)22-10-8-19(13-28(22)36-5-2)29(35)33(3)17-21-7-6-20(14-31)24-15-32-16-25(21)24/h6-13,15H,4-5,16-17H2,1-3H3. The number of rotatable bonds is 8. The highest BCUT2D eigenvalue weighted by atomic mass is 19.1. The second-order valence-corrected chi connectivity index (χ2v) is 8.52. The summed E-state index contributed by atoms with van der Waals surface area (Å²) in [6, 6.07) is 15.3. The van der Waals surface area contributed by atoms with Crippen LogP contribution in [0.2, 0.25) is 0 Å². The molecule has 3 aromatic rings. The van der Waals surface area contributed by atoms with Crippen LogP contribution in [0.15, 0.2) is 53.5 Å². The summed E-state index contributed by atoms with van der Waals surface area (Å²) in [5.41, 5.74) is 5.09. The average molecular weight is 484 g/mol. The fourth-order valence-corrected chi connectivity index (χ4v) is 4.33. The van der Waals surface area contributed by atoms with Crippen LogP contribution in [-0.4, -0.2) is 36.5 Å². The fourth-order valence-electron chi connectivity index (χ4n) is 4.33. The Kier molecular flexibility index (Phi) is 7.25. The van der Waals surface area contributed by atoms with Crippen molar-refractivity contribution in [2.24, 2.45) is 4.99 Å². The highest BCUT2D eigenvalue weighted by Crippen LogP contribution is 2.33. The Labute approximate surface area is 209 Å². The molecule has 1 aliphatic heterocycles. The molecule has 1 aliphatic rings.